The van der Waals surface area contributed by atoms with E-state index >= 15 is 0 Å². The van der Waals surface area contributed by atoms with Crippen LogP contribution < -0.4 is 0 Å². The van der Waals surface area contributed by atoms with E-state index in [0.717, 1.165) is 17.0 Å². The summed E-state index contributed by atoms with van der Waals surface area (Å²) >= 11 is 0. The fourth-order valence-electron chi connectivity index (χ4n) is 2.88. The molecule has 7 heteroatoms. The van der Waals surface area contributed by atoms with Crippen molar-refractivity contribution >= 4 is 12.0 Å². The summed E-state index contributed by atoms with van der Waals surface area (Å²) in [7, 11) is 0. The van der Waals surface area contributed by atoms with Crippen LogP contribution in [0.25, 0.3) is 0 Å². The Morgan fingerprint density at radius 1 is 1.43 bits per heavy atom. The first-order valence-corrected chi connectivity index (χ1v) is 7.28. The number of aryl methyl sites for hydroxylation is 2. The van der Waals surface area contributed by atoms with E-state index in [1.165, 1.54) is 0 Å². The number of carbonyl (C=O) groups excluding carboxylic acids is 2. The van der Waals surface area contributed by atoms with Gasteiger partial charge in [0.2, 0.25) is 5.91 Å². The first-order valence-electron chi connectivity index (χ1n) is 7.28. The molecule has 1 aromatic rings. The van der Waals surface area contributed by atoms with Crippen molar-refractivity contribution in [1.29, 1.82) is 0 Å². The molecular weight excluding hydrogens is 272 g/mol. The van der Waals surface area contributed by atoms with Crippen molar-refractivity contribution in [3.63, 3.8) is 0 Å². The molecule has 2 fully saturated rings. The number of piperazine rings is 1. The lowest BCUT2D eigenvalue weighted by atomic mass is 10.1. The Morgan fingerprint density at radius 3 is 2.95 bits per heavy atom. The topological polar surface area (TPSA) is 78.5 Å². The molecular formula is C14H20N4O3. The molecule has 0 saturated carbocycles. The lowest BCUT2D eigenvalue weighted by Gasteiger charge is -2.35. The lowest BCUT2D eigenvalue weighted by Crippen LogP contribution is -2.53. The zero-order valence-electron chi connectivity index (χ0n) is 12.4. The van der Waals surface area contributed by atoms with Crippen LogP contribution in [-0.2, 0) is 16.0 Å². The van der Waals surface area contributed by atoms with Crippen molar-refractivity contribution in [3.8, 4) is 0 Å². The lowest BCUT2D eigenvalue weighted by molar-refractivity contribution is -0.133. The van der Waals surface area contributed by atoms with Crippen molar-refractivity contribution in [2.45, 2.75) is 32.7 Å². The van der Waals surface area contributed by atoms with Crippen LogP contribution in [-0.4, -0.2) is 64.3 Å². The number of hydrogen-bond acceptors (Lipinski definition) is 4. The van der Waals surface area contributed by atoms with Crippen molar-refractivity contribution < 1.29 is 14.3 Å². The van der Waals surface area contributed by atoms with E-state index in [9.17, 15) is 9.59 Å². The molecule has 2 saturated heterocycles. The number of carbonyl (C=O) groups is 2. The number of nitrogens with one attached hydrogen (secondary N) is 1. The Morgan fingerprint density at radius 2 is 2.24 bits per heavy atom. The second-order valence-corrected chi connectivity index (χ2v) is 5.68. The summed E-state index contributed by atoms with van der Waals surface area (Å²) in [5, 5.41) is 7.17. The molecule has 1 aromatic heterocycles. The number of ether oxygens (including phenoxy) is 1. The number of aromatic nitrogens is 2. The minimum Gasteiger partial charge on any atom is -0.447 e. The van der Waals surface area contributed by atoms with Gasteiger partial charge in [0.25, 0.3) is 0 Å². The molecule has 21 heavy (non-hydrogen) atoms. The highest BCUT2D eigenvalue weighted by atomic mass is 16.6. The van der Waals surface area contributed by atoms with Gasteiger partial charge in [0.05, 0.1) is 11.7 Å². The van der Waals surface area contributed by atoms with Gasteiger partial charge in [0.1, 0.15) is 6.61 Å². The van der Waals surface area contributed by atoms with Crippen LogP contribution in [0.4, 0.5) is 4.79 Å². The molecule has 0 aliphatic carbocycles. The highest BCUT2D eigenvalue weighted by Crippen LogP contribution is 2.19. The number of nitrogens with zero attached hydrogens (tertiary/aromatic N) is 3. The Hall–Kier alpha value is -2.05. The van der Waals surface area contributed by atoms with E-state index in [0.29, 0.717) is 39.1 Å². The third-order valence-corrected chi connectivity index (χ3v) is 4.40. The molecule has 7 nitrogen and oxygen atoms in total. The molecule has 2 amide bonds. The van der Waals surface area contributed by atoms with Gasteiger partial charge in [-0.2, -0.15) is 5.10 Å². The average molecular weight is 292 g/mol. The van der Waals surface area contributed by atoms with Gasteiger partial charge in [-0.25, -0.2) is 4.79 Å². The van der Waals surface area contributed by atoms with Gasteiger partial charge in [0.15, 0.2) is 0 Å². The third kappa shape index (κ3) is 2.59. The van der Waals surface area contributed by atoms with Crippen LogP contribution in [0.15, 0.2) is 0 Å². The summed E-state index contributed by atoms with van der Waals surface area (Å²) in [6.45, 7) is 6.10. The van der Waals surface area contributed by atoms with Gasteiger partial charge in [-0.15, -0.1) is 0 Å². The summed E-state index contributed by atoms with van der Waals surface area (Å²) < 4.78 is 5.01. The summed E-state index contributed by atoms with van der Waals surface area (Å²) in [6.07, 6.45) is 0.844. The van der Waals surface area contributed by atoms with E-state index in [1.807, 2.05) is 18.7 Å². The molecule has 3 heterocycles. The summed E-state index contributed by atoms with van der Waals surface area (Å²) in [6, 6.07) is 0.0181. The van der Waals surface area contributed by atoms with Crippen molar-refractivity contribution in [1.82, 2.24) is 20.0 Å². The zero-order valence-corrected chi connectivity index (χ0v) is 12.4. The summed E-state index contributed by atoms with van der Waals surface area (Å²) in [4.78, 5) is 27.3. The third-order valence-electron chi connectivity index (χ3n) is 4.40. The summed E-state index contributed by atoms with van der Waals surface area (Å²) in [5.41, 5.74) is 3.13. The maximum atomic E-state index is 12.3. The molecule has 114 valence electrons. The minimum atomic E-state index is -0.255. The molecule has 0 unspecified atom stereocenters. The van der Waals surface area contributed by atoms with E-state index in [4.69, 9.17) is 4.74 Å². The van der Waals surface area contributed by atoms with Gasteiger partial charge < -0.3 is 9.64 Å². The van der Waals surface area contributed by atoms with Crippen molar-refractivity contribution in [2.75, 3.05) is 26.2 Å². The van der Waals surface area contributed by atoms with Gasteiger partial charge >= 0.3 is 6.09 Å². The minimum absolute atomic E-state index is 0.0181. The van der Waals surface area contributed by atoms with E-state index in [1.54, 1.807) is 4.90 Å². The monoisotopic (exact) mass is 292 g/mol. The smallest absolute Gasteiger partial charge is 0.410 e. The number of amides is 2. The molecule has 2 aliphatic heterocycles. The van der Waals surface area contributed by atoms with Crippen molar-refractivity contribution in [2.24, 2.45) is 0 Å². The van der Waals surface area contributed by atoms with Gasteiger partial charge in [0, 0.05) is 38.2 Å². The van der Waals surface area contributed by atoms with Gasteiger partial charge in [-0.1, -0.05) is 0 Å². The largest absolute Gasteiger partial charge is 0.447 e. The maximum Gasteiger partial charge on any atom is 0.410 e. The second-order valence-electron chi connectivity index (χ2n) is 5.68. The van der Waals surface area contributed by atoms with Crippen LogP contribution in [0.3, 0.4) is 0 Å². The predicted molar refractivity (Wildman–Crippen MR) is 74.8 cm³/mol. The number of fused-ring (bicyclic) bond motifs is 1. The highest BCUT2D eigenvalue weighted by Gasteiger charge is 2.38. The van der Waals surface area contributed by atoms with E-state index in [-0.39, 0.29) is 18.0 Å². The fourth-order valence-corrected chi connectivity index (χ4v) is 2.88. The first kappa shape index (κ1) is 13.9. The van der Waals surface area contributed by atoms with E-state index in [2.05, 4.69) is 10.2 Å². The number of aromatic amines is 1. The van der Waals surface area contributed by atoms with Gasteiger partial charge in [-0.05, 0) is 19.4 Å². The first-order chi connectivity index (χ1) is 10.1. The molecule has 0 radical (unpaired) electrons. The number of hydrogen-bond donors (Lipinski definition) is 1. The zero-order chi connectivity index (χ0) is 15.0. The van der Waals surface area contributed by atoms with Gasteiger partial charge in [-0.3, -0.25) is 14.8 Å². The number of rotatable bonds is 3. The molecule has 0 aromatic carbocycles. The van der Waals surface area contributed by atoms with Crippen LogP contribution in [0, 0.1) is 13.8 Å². The Bertz CT molecular complexity index is 569. The predicted octanol–water partition coefficient (Wildman–Crippen LogP) is 0.622. The summed E-state index contributed by atoms with van der Waals surface area (Å²) in [5.74, 6) is 0.119. The second kappa shape index (κ2) is 5.38. The molecule has 3 rings (SSSR count). The normalized spacial score (nSPS) is 21.4. The molecule has 1 N–H and O–H groups in total. The average Bonchev–Trinajstić information content (AvgIpc) is 3.01. The SMILES string of the molecule is Cc1[nH]nc(CCC(=O)N2CCN3C(=O)OC[C@@H]3C2)c1C. The molecule has 0 spiro atoms. The molecule has 1 atom stereocenters. The number of H-pyrrole nitrogens is 1. The standard InChI is InChI=1S/C14H20N4O3/c1-9-10(2)15-16-12(9)3-4-13(19)17-5-6-18-11(7-17)8-21-14(18)20/h11H,3-8H2,1-2H3,(H,15,16)/t11-/m0/s1. The van der Waals surface area contributed by atoms with Crippen molar-refractivity contribution in [3.05, 3.63) is 17.0 Å². The Labute approximate surface area is 123 Å². The van der Waals surface area contributed by atoms with Crippen LogP contribution in [0.1, 0.15) is 23.4 Å². The quantitative estimate of drug-likeness (QED) is 0.886. The maximum absolute atomic E-state index is 12.3. The molecule has 2 aliphatic rings. The Kier molecular flexibility index (Phi) is 3.57. The highest BCUT2D eigenvalue weighted by molar-refractivity contribution is 5.77. The molecule has 0 bridgehead atoms. The van der Waals surface area contributed by atoms with Crippen LogP contribution in [0.2, 0.25) is 0 Å². The fraction of sp³-hybridized carbons (Fsp3) is 0.643. The van der Waals surface area contributed by atoms with E-state index < -0.39 is 0 Å². The Balaban J connectivity index is 1.54. The van der Waals surface area contributed by atoms with Crippen LogP contribution in [0.5, 0.6) is 0 Å². The van der Waals surface area contributed by atoms with Crippen LogP contribution >= 0.6 is 0 Å². The number of cyclic esters (lactones) is 1.